The molecule has 1 unspecified atom stereocenters. The average Bonchev–Trinajstić information content (AvgIpc) is 2.50. The molecule has 120 valence electrons. The Labute approximate surface area is 134 Å². The quantitative estimate of drug-likeness (QED) is 0.924. The summed E-state index contributed by atoms with van der Waals surface area (Å²) in [7, 11) is 0. The van der Waals surface area contributed by atoms with Crippen molar-refractivity contribution < 1.29 is 19.4 Å². The number of hydrogen-bond acceptors (Lipinski definition) is 3. The first kappa shape index (κ1) is 16.6. The molecule has 1 aromatic rings. The molecule has 0 radical (unpaired) electrons. The number of carboxylic acid groups (broad SMARTS) is 1. The number of piperidine rings is 1. The van der Waals surface area contributed by atoms with E-state index in [4.69, 9.17) is 16.3 Å². The summed E-state index contributed by atoms with van der Waals surface area (Å²) in [5.74, 6) is -0.843. The second-order valence-electron chi connectivity index (χ2n) is 5.58. The Balaban J connectivity index is 2.10. The van der Waals surface area contributed by atoms with E-state index in [0.29, 0.717) is 23.7 Å². The summed E-state index contributed by atoms with van der Waals surface area (Å²) < 4.78 is 5.65. The molecule has 1 aliphatic heterocycles. The van der Waals surface area contributed by atoms with Crippen molar-refractivity contribution in [2.45, 2.75) is 45.3 Å². The van der Waals surface area contributed by atoms with Crippen LogP contribution in [0.5, 0.6) is 5.75 Å². The third-order valence-electron chi connectivity index (χ3n) is 3.81. The van der Waals surface area contributed by atoms with Crippen LogP contribution in [-0.4, -0.2) is 40.6 Å². The highest BCUT2D eigenvalue weighted by Crippen LogP contribution is 2.27. The van der Waals surface area contributed by atoms with E-state index in [0.717, 1.165) is 18.4 Å². The van der Waals surface area contributed by atoms with E-state index in [2.05, 4.69) is 0 Å². The summed E-state index contributed by atoms with van der Waals surface area (Å²) in [6.07, 6.45) is 1.34. The van der Waals surface area contributed by atoms with Gasteiger partial charge in [0.1, 0.15) is 11.8 Å². The molecular weight excluding hydrogens is 306 g/mol. The second kappa shape index (κ2) is 7.01. The molecule has 0 aliphatic carbocycles. The summed E-state index contributed by atoms with van der Waals surface area (Å²) in [6, 6.07) is 4.56. The number of hydrogen-bond donors (Lipinski definition) is 1. The Bertz CT molecular complexity index is 575. The van der Waals surface area contributed by atoms with Crippen molar-refractivity contribution in [3.05, 3.63) is 28.8 Å². The minimum absolute atomic E-state index is 0.315. The van der Waals surface area contributed by atoms with Gasteiger partial charge < -0.3 is 14.7 Å². The zero-order chi connectivity index (χ0) is 16.3. The average molecular weight is 326 g/mol. The van der Waals surface area contributed by atoms with E-state index >= 15 is 0 Å². The number of amides is 1. The Kier molecular flexibility index (Phi) is 5.29. The first-order valence-corrected chi connectivity index (χ1v) is 7.74. The molecule has 1 aliphatic rings. The number of aliphatic carboxylic acids is 1. The topological polar surface area (TPSA) is 66.8 Å². The minimum Gasteiger partial charge on any atom is -0.480 e. The lowest BCUT2D eigenvalue weighted by Gasteiger charge is -2.34. The van der Waals surface area contributed by atoms with Gasteiger partial charge in [0.05, 0.1) is 5.02 Å². The Morgan fingerprint density at radius 3 is 2.82 bits per heavy atom. The van der Waals surface area contributed by atoms with Crippen LogP contribution in [0.25, 0.3) is 0 Å². The fraction of sp³-hybridized carbons (Fsp3) is 0.500. The van der Waals surface area contributed by atoms with Gasteiger partial charge in [-0.15, -0.1) is 0 Å². The van der Waals surface area contributed by atoms with Crippen molar-refractivity contribution in [2.75, 3.05) is 6.54 Å². The van der Waals surface area contributed by atoms with Gasteiger partial charge in [-0.25, -0.2) is 4.79 Å². The van der Waals surface area contributed by atoms with Crippen LogP contribution in [0.15, 0.2) is 18.2 Å². The molecule has 0 spiro atoms. The van der Waals surface area contributed by atoms with Crippen LogP contribution in [0.2, 0.25) is 5.02 Å². The van der Waals surface area contributed by atoms with Crippen LogP contribution in [-0.2, 0) is 9.59 Å². The van der Waals surface area contributed by atoms with Gasteiger partial charge in [-0.05, 0) is 50.8 Å². The Morgan fingerprint density at radius 2 is 2.14 bits per heavy atom. The smallest absolute Gasteiger partial charge is 0.326 e. The highest BCUT2D eigenvalue weighted by molar-refractivity contribution is 6.32. The van der Waals surface area contributed by atoms with Gasteiger partial charge in [-0.3, -0.25) is 4.79 Å². The molecule has 0 aromatic heterocycles. The van der Waals surface area contributed by atoms with E-state index in [9.17, 15) is 14.7 Å². The van der Waals surface area contributed by atoms with Crippen LogP contribution in [0.4, 0.5) is 0 Å². The molecule has 1 heterocycles. The molecule has 2 rings (SSSR count). The van der Waals surface area contributed by atoms with Gasteiger partial charge in [0.2, 0.25) is 0 Å². The van der Waals surface area contributed by atoms with Gasteiger partial charge in [0.25, 0.3) is 5.91 Å². The molecule has 6 heteroatoms. The number of ether oxygens (including phenoxy) is 1. The van der Waals surface area contributed by atoms with E-state index in [1.165, 1.54) is 4.90 Å². The number of carboxylic acids is 1. The zero-order valence-corrected chi connectivity index (χ0v) is 13.5. The van der Waals surface area contributed by atoms with Gasteiger partial charge >= 0.3 is 5.97 Å². The van der Waals surface area contributed by atoms with Crippen LogP contribution in [0.3, 0.4) is 0 Å². The fourth-order valence-electron chi connectivity index (χ4n) is 2.63. The molecule has 1 saturated heterocycles. The Hall–Kier alpha value is -1.75. The summed E-state index contributed by atoms with van der Waals surface area (Å²) in [6.45, 7) is 3.97. The molecule has 0 bridgehead atoms. The number of benzene rings is 1. The molecule has 1 fully saturated rings. The molecular formula is C16H20ClNO4. The van der Waals surface area contributed by atoms with Gasteiger partial charge in [-0.2, -0.15) is 0 Å². The summed E-state index contributed by atoms with van der Waals surface area (Å²) >= 11 is 6.07. The van der Waals surface area contributed by atoms with Crippen LogP contribution >= 0.6 is 11.6 Å². The lowest BCUT2D eigenvalue weighted by Crippen LogP contribution is -2.52. The van der Waals surface area contributed by atoms with Crippen LogP contribution < -0.4 is 4.74 Å². The van der Waals surface area contributed by atoms with Crippen molar-refractivity contribution in [3.8, 4) is 5.75 Å². The standard InChI is InChI=1S/C16H20ClNO4/c1-10-6-7-12(17)14(9-10)22-11(2)15(19)18-8-4-3-5-13(18)16(20)21/h6-7,9,11,13H,3-5,8H2,1-2H3,(H,20,21)/t11?,13-/m1/s1. The normalized spacial score (nSPS) is 19.6. The summed E-state index contributed by atoms with van der Waals surface area (Å²) in [5.41, 5.74) is 0.973. The van der Waals surface area contributed by atoms with Crippen molar-refractivity contribution >= 4 is 23.5 Å². The van der Waals surface area contributed by atoms with Crippen molar-refractivity contribution in [1.29, 1.82) is 0 Å². The van der Waals surface area contributed by atoms with E-state index in [1.807, 2.05) is 13.0 Å². The molecule has 0 saturated carbocycles. The first-order valence-electron chi connectivity index (χ1n) is 7.36. The first-order chi connectivity index (χ1) is 10.4. The SMILES string of the molecule is Cc1ccc(Cl)c(OC(C)C(=O)N2CCCC[C@@H]2C(=O)O)c1. The molecule has 22 heavy (non-hydrogen) atoms. The summed E-state index contributed by atoms with van der Waals surface area (Å²) in [4.78, 5) is 25.2. The van der Waals surface area contributed by atoms with E-state index in [1.54, 1.807) is 19.1 Å². The molecule has 1 aromatic carbocycles. The monoisotopic (exact) mass is 325 g/mol. The second-order valence-corrected chi connectivity index (χ2v) is 5.98. The number of likely N-dealkylation sites (tertiary alicyclic amines) is 1. The number of rotatable bonds is 4. The van der Waals surface area contributed by atoms with Gasteiger partial charge in [-0.1, -0.05) is 17.7 Å². The fourth-order valence-corrected chi connectivity index (χ4v) is 2.79. The number of halogens is 1. The summed E-state index contributed by atoms with van der Waals surface area (Å²) in [5, 5.41) is 9.68. The zero-order valence-electron chi connectivity index (χ0n) is 12.7. The van der Waals surface area contributed by atoms with Gasteiger partial charge in [0, 0.05) is 6.54 Å². The largest absolute Gasteiger partial charge is 0.480 e. The number of aryl methyl sites for hydroxylation is 1. The highest BCUT2D eigenvalue weighted by atomic mass is 35.5. The third-order valence-corrected chi connectivity index (χ3v) is 4.12. The maximum absolute atomic E-state index is 12.5. The van der Waals surface area contributed by atoms with Crippen LogP contribution in [0, 0.1) is 6.92 Å². The Morgan fingerprint density at radius 1 is 1.41 bits per heavy atom. The third kappa shape index (κ3) is 3.71. The lowest BCUT2D eigenvalue weighted by atomic mass is 10.0. The molecule has 1 N–H and O–H groups in total. The van der Waals surface area contributed by atoms with E-state index in [-0.39, 0.29) is 5.91 Å². The van der Waals surface area contributed by atoms with Crippen molar-refractivity contribution in [3.63, 3.8) is 0 Å². The van der Waals surface area contributed by atoms with Gasteiger partial charge in [0.15, 0.2) is 6.10 Å². The maximum Gasteiger partial charge on any atom is 0.326 e. The predicted octanol–water partition coefficient (Wildman–Crippen LogP) is 2.88. The van der Waals surface area contributed by atoms with E-state index < -0.39 is 18.1 Å². The molecule has 1 amide bonds. The van der Waals surface area contributed by atoms with Crippen molar-refractivity contribution in [1.82, 2.24) is 4.90 Å². The highest BCUT2D eigenvalue weighted by Gasteiger charge is 2.34. The minimum atomic E-state index is -0.964. The predicted molar refractivity (Wildman–Crippen MR) is 83.3 cm³/mol. The molecule has 5 nitrogen and oxygen atoms in total. The number of carbonyl (C=O) groups excluding carboxylic acids is 1. The number of carbonyl (C=O) groups is 2. The van der Waals surface area contributed by atoms with Crippen LogP contribution in [0.1, 0.15) is 31.7 Å². The lowest BCUT2D eigenvalue weighted by molar-refractivity contribution is -0.155. The van der Waals surface area contributed by atoms with Crippen molar-refractivity contribution in [2.24, 2.45) is 0 Å². The maximum atomic E-state index is 12.5. The molecule has 2 atom stereocenters. The number of nitrogens with zero attached hydrogens (tertiary/aromatic N) is 1.